The van der Waals surface area contributed by atoms with Crippen molar-refractivity contribution in [3.8, 4) is 10.6 Å². The minimum absolute atomic E-state index is 0.579. The van der Waals surface area contributed by atoms with Gasteiger partial charge in [-0.1, -0.05) is 30.3 Å². The molecule has 1 aliphatic heterocycles. The molecule has 1 aromatic carbocycles. The van der Waals surface area contributed by atoms with E-state index in [9.17, 15) is 0 Å². The molecule has 2 heterocycles. The largest absolute Gasteiger partial charge is 0.381 e. The molecule has 0 saturated carbocycles. The first-order valence-corrected chi connectivity index (χ1v) is 10.8. The van der Waals surface area contributed by atoms with Crippen LogP contribution >= 0.6 is 11.3 Å². The number of benzene rings is 1. The fraction of sp³-hybridized carbons (Fsp3) is 0.524. The second-order valence-electron chi connectivity index (χ2n) is 6.84. The zero-order chi connectivity index (χ0) is 19.4. The quantitative estimate of drug-likeness (QED) is 0.363. The van der Waals surface area contributed by atoms with E-state index >= 15 is 0 Å². The van der Waals surface area contributed by atoms with Crippen LogP contribution in [-0.4, -0.2) is 57.5 Å². The van der Waals surface area contributed by atoms with Crippen LogP contribution in [0.2, 0.25) is 0 Å². The van der Waals surface area contributed by atoms with Gasteiger partial charge in [0.2, 0.25) is 0 Å². The van der Waals surface area contributed by atoms with Crippen LogP contribution in [0.1, 0.15) is 18.5 Å². The summed E-state index contributed by atoms with van der Waals surface area (Å²) in [6.45, 7) is 4.95. The third kappa shape index (κ3) is 6.89. The molecule has 7 heteroatoms. The molecule has 1 saturated heterocycles. The highest BCUT2D eigenvalue weighted by Gasteiger charge is 2.15. The van der Waals surface area contributed by atoms with Gasteiger partial charge in [-0.3, -0.25) is 4.99 Å². The lowest BCUT2D eigenvalue weighted by Crippen LogP contribution is -2.39. The molecule has 0 amide bonds. The number of thiazole rings is 1. The van der Waals surface area contributed by atoms with Crippen LogP contribution in [0.15, 0.2) is 40.7 Å². The Bertz CT molecular complexity index is 714. The molecule has 3 rings (SSSR count). The lowest BCUT2D eigenvalue weighted by molar-refractivity contribution is 0.0888. The van der Waals surface area contributed by atoms with Gasteiger partial charge < -0.3 is 20.1 Å². The molecule has 0 aliphatic carbocycles. The molecule has 2 N–H and O–H groups in total. The van der Waals surface area contributed by atoms with Crippen LogP contribution in [0.3, 0.4) is 0 Å². The van der Waals surface area contributed by atoms with Crippen LogP contribution < -0.4 is 10.6 Å². The maximum absolute atomic E-state index is 5.72. The number of aromatic nitrogens is 1. The van der Waals surface area contributed by atoms with Gasteiger partial charge in [-0.15, -0.1) is 11.3 Å². The Morgan fingerprint density at radius 3 is 2.93 bits per heavy atom. The number of hydrogen-bond donors (Lipinski definition) is 2. The number of guanidine groups is 1. The summed E-state index contributed by atoms with van der Waals surface area (Å²) in [5, 5.41) is 9.88. The molecule has 28 heavy (non-hydrogen) atoms. The van der Waals surface area contributed by atoms with Gasteiger partial charge in [-0.05, 0) is 12.8 Å². The summed E-state index contributed by atoms with van der Waals surface area (Å²) in [5.41, 5.74) is 2.28. The predicted octanol–water partition coefficient (Wildman–Crippen LogP) is 2.96. The van der Waals surface area contributed by atoms with Gasteiger partial charge in [-0.2, -0.15) is 0 Å². The zero-order valence-electron chi connectivity index (χ0n) is 16.5. The maximum atomic E-state index is 5.72. The third-order valence-corrected chi connectivity index (χ3v) is 5.55. The van der Waals surface area contributed by atoms with Crippen molar-refractivity contribution in [3.63, 3.8) is 0 Å². The lowest BCUT2D eigenvalue weighted by Gasteiger charge is -2.12. The highest BCUT2D eigenvalue weighted by atomic mass is 32.1. The van der Waals surface area contributed by atoms with Crippen molar-refractivity contribution in [1.29, 1.82) is 0 Å². The number of ether oxygens (including phenoxy) is 2. The highest BCUT2D eigenvalue weighted by molar-refractivity contribution is 7.13. The van der Waals surface area contributed by atoms with Crippen LogP contribution in [0.5, 0.6) is 0 Å². The van der Waals surface area contributed by atoms with E-state index < -0.39 is 0 Å². The molecule has 0 radical (unpaired) electrons. The molecule has 6 nitrogen and oxygen atoms in total. The molecule has 1 unspecified atom stereocenters. The van der Waals surface area contributed by atoms with E-state index in [0.29, 0.717) is 5.92 Å². The summed E-state index contributed by atoms with van der Waals surface area (Å²) < 4.78 is 11.1. The Morgan fingerprint density at radius 1 is 1.29 bits per heavy atom. The maximum Gasteiger partial charge on any atom is 0.190 e. The van der Waals surface area contributed by atoms with E-state index in [0.717, 1.165) is 75.4 Å². The monoisotopic (exact) mass is 402 g/mol. The van der Waals surface area contributed by atoms with Crippen LogP contribution in [0.4, 0.5) is 0 Å². The SMILES string of the molecule is CN=C(NCCCOCC1CCOC1)NCCc1csc(-c2ccccc2)n1. The average Bonchev–Trinajstić information content (AvgIpc) is 3.42. The molecule has 0 spiro atoms. The van der Waals surface area contributed by atoms with Gasteiger partial charge in [0.05, 0.1) is 18.9 Å². The minimum atomic E-state index is 0.579. The zero-order valence-corrected chi connectivity index (χ0v) is 17.3. The van der Waals surface area contributed by atoms with Gasteiger partial charge in [0, 0.05) is 56.6 Å². The van der Waals surface area contributed by atoms with Crippen molar-refractivity contribution in [1.82, 2.24) is 15.6 Å². The van der Waals surface area contributed by atoms with Crippen LogP contribution in [0.25, 0.3) is 10.6 Å². The summed E-state index contributed by atoms with van der Waals surface area (Å²) >= 11 is 1.69. The number of nitrogens with one attached hydrogen (secondary N) is 2. The van der Waals surface area contributed by atoms with Gasteiger partial charge in [-0.25, -0.2) is 4.98 Å². The summed E-state index contributed by atoms with van der Waals surface area (Å²) in [7, 11) is 1.79. The van der Waals surface area contributed by atoms with Gasteiger partial charge in [0.1, 0.15) is 5.01 Å². The summed E-state index contributed by atoms with van der Waals surface area (Å²) in [5.74, 6) is 1.40. The second kappa shape index (κ2) is 11.8. The minimum Gasteiger partial charge on any atom is -0.381 e. The van der Waals surface area contributed by atoms with Gasteiger partial charge in [0.15, 0.2) is 5.96 Å². The molecule has 1 aromatic heterocycles. The average molecular weight is 403 g/mol. The van der Waals surface area contributed by atoms with Crippen molar-refractivity contribution in [2.24, 2.45) is 10.9 Å². The van der Waals surface area contributed by atoms with E-state index in [1.165, 1.54) is 5.56 Å². The molecule has 1 atom stereocenters. The van der Waals surface area contributed by atoms with Crippen molar-refractivity contribution < 1.29 is 9.47 Å². The fourth-order valence-electron chi connectivity index (χ4n) is 3.01. The third-order valence-electron chi connectivity index (χ3n) is 4.61. The van der Waals surface area contributed by atoms with Crippen LogP contribution in [0, 0.1) is 5.92 Å². The summed E-state index contributed by atoms with van der Waals surface area (Å²) in [4.78, 5) is 9.00. The van der Waals surface area contributed by atoms with Gasteiger partial charge >= 0.3 is 0 Å². The number of hydrogen-bond acceptors (Lipinski definition) is 5. The molecule has 1 fully saturated rings. The number of nitrogens with zero attached hydrogens (tertiary/aromatic N) is 2. The summed E-state index contributed by atoms with van der Waals surface area (Å²) in [6.07, 6.45) is 2.96. The Hall–Kier alpha value is -1.96. The van der Waals surface area contributed by atoms with Crippen LogP contribution in [-0.2, 0) is 15.9 Å². The Morgan fingerprint density at radius 2 is 2.14 bits per heavy atom. The smallest absolute Gasteiger partial charge is 0.190 e. The Kier molecular flexibility index (Phi) is 8.74. The molecule has 2 aromatic rings. The normalized spacial score (nSPS) is 17.0. The molecule has 0 bridgehead atoms. The Balaban J connectivity index is 1.27. The fourth-order valence-corrected chi connectivity index (χ4v) is 3.87. The topological polar surface area (TPSA) is 67.8 Å². The lowest BCUT2D eigenvalue weighted by atomic mass is 10.1. The van der Waals surface area contributed by atoms with E-state index in [-0.39, 0.29) is 0 Å². The molecule has 1 aliphatic rings. The standard InChI is InChI=1S/C21H30N4O2S/c1-22-21(23-10-5-12-26-14-17-9-13-27-15-17)24-11-8-19-16-28-20(25-19)18-6-3-2-4-7-18/h2-4,6-7,16-17H,5,8-15H2,1H3,(H2,22,23,24). The van der Waals surface area contributed by atoms with E-state index in [2.05, 4.69) is 33.1 Å². The number of rotatable bonds is 10. The first-order valence-electron chi connectivity index (χ1n) is 9.95. The van der Waals surface area contributed by atoms with Crippen molar-refractivity contribution in [3.05, 3.63) is 41.4 Å². The van der Waals surface area contributed by atoms with Crippen molar-refractivity contribution in [2.75, 3.05) is 46.6 Å². The second-order valence-corrected chi connectivity index (χ2v) is 7.70. The van der Waals surface area contributed by atoms with Gasteiger partial charge in [0.25, 0.3) is 0 Å². The number of aliphatic imine (C=N–C) groups is 1. The van der Waals surface area contributed by atoms with Crippen molar-refractivity contribution in [2.45, 2.75) is 19.3 Å². The molecular formula is C21H30N4O2S. The van der Waals surface area contributed by atoms with E-state index in [1.807, 2.05) is 18.2 Å². The predicted molar refractivity (Wildman–Crippen MR) is 115 cm³/mol. The van der Waals surface area contributed by atoms with Crippen molar-refractivity contribution >= 4 is 17.3 Å². The molecule has 152 valence electrons. The van der Waals surface area contributed by atoms with E-state index in [1.54, 1.807) is 18.4 Å². The first-order chi connectivity index (χ1) is 13.8. The Labute approximate surface area is 171 Å². The highest BCUT2D eigenvalue weighted by Crippen LogP contribution is 2.23. The summed E-state index contributed by atoms with van der Waals surface area (Å²) in [6, 6.07) is 10.3. The first kappa shape index (κ1) is 20.8. The molecular weight excluding hydrogens is 372 g/mol. The van der Waals surface area contributed by atoms with E-state index in [4.69, 9.17) is 14.5 Å².